The number of sulfonamides is 1. The van der Waals surface area contributed by atoms with E-state index in [1.54, 1.807) is 17.0 Å². The van der Waals surface area contributed by atoms with Crippen molar-refractivity contribution in [2.24, 2.45) is 0 Å². The zero-order chi connectivity index (χ0) is 22.4. The van der Waals surface area contributed by atoms with Crippen LogP contribution in [0.5, 0.6) is 11.5 Å². The molecule has 1 amide bonds. The summed E-state index contributed by atoms with van der Waals surface area (Å²) in [6.45, 7) is 1.70. The first-order valence-electron chi connectivity index (χ1n) is 11.1. The van der Waals surface area contributed by atoms with Crippen molar-refractivity contribution >= 4 is 15.9 Å². The SMILES string of the molecule is COc1ccc(OC)c(S(=O)(=O)N2CCN(C(=O)CN(C)C3CCCCCC3)CC2)c1. The summed E-state index contributed by atoms with van der Waals surface area (Å²) < 4.78 is 38.3. The van der Waals surface area contributed by atoms with Gasteiger partial charge in [-0.05, 0) is 32.0 Å². The minimum absolute atomic E-state index is 0.0720. The van der Waals surface area contributed by atoms with E-state index in [0.717, 1.165) is 12.8 Å². The van der Waals surface area contributed by atoms with Gasteiger partial charge in [0.25, 0.3) is 0 Å². The van der Waals surface area contributed by atoms with Crippen molar-refractivity contribution in [3.63, 3.8) is 0 Å². The lowest BCUT2D eigenvalue weighted by Gasteiger charge is -2.36. The number of rotatable bonds is 7. The maximum Gasteiger partial charge on any atom is 0.247 e. The van der Waals surface area contributed by atoms with Crippen LogP contribution in [-0.2, 0) is 14.8 Å². The van der Waals surface area contributed by atoms with Gasteiger partial charge in [0.2, 0.25) is 15.9 Å². The fourth-order valence-corrected chi connectivity index (χ4v) is 6.04. The predicted molar refractivity (Wildman–Crippen MR) is 119 cm³/mol. The lowest BCUT2D eigenvalue weighted by Crippen LogP contribution is -2.53. The van der Waals surface area contributed by atoms with Gasteiger partial charge in [-0.25, -0.2) is 8.42 Å². The molecule has 1 heterocycles. The molecule has 9 heteroatoms. The number of ether oxygens (including phenoxy) is 2. The number of hydrogen-bond donors (Lipinski definition) is 0. The highest BCUT2D eigenvalue weighted by molar-refractivity contribution is 7.89. The molecule has 0 aromatic heterocycles. The number of hydrogen-bond acceptors (Lipinski definition) is 6. The maximum absolute atomic E-state index is 13.2. The molecular weight excluding hydrogens is 418 g/mol. The molecule has 0 N–H and O–H groups in total. The van der Waals surface area contributed by atoms with Crippen LogP contribution in [0.4, 0.5) is 0 Å². The minimum atomic E-state index is -3.75. The monoisotopic (exact) mass is 453 g/mol. The first-order chi connectivity index (χ1) is 14.9. The van der Waals surface area contributed by atoms with E-state index in [-0.39, 0.29) is 29.6 Å². The van der Waals surface area contributed by atoms with Gasteiger partial charge in [0.1, 0.15) is 16.4 Å². The second-order valence-electron chi connectivity index (χ2n) is 8.36. The molecule has 8 nitrogen and oxygen atoms in total. The van der Waals surface area contributed by atoms with E-state index in [1.807, 2.05) is 7.05 Å². The summed E-state index contributed by atoms with van der Waals surface area (Å²) >= 11 is 0. The molecule has 0 atom stereocenters. The molecule has 0 unspecified atom stereocenters. The van der Waals surface area contributed by atoms with Crippen LogP contribution in [0.1, 0.15) is 38.5 Å². The van der Waals surface area contributed by atoms with E-state index in [0.29, 0.717) is 31.4 Å². The van der Waals surface area contributed by atoms with Crippen molar-refractivity contribution in [1.29, 1.82) is 0 Å². The lowest BCUT2D eigenvalue weighted by atomic mass is 10.1. The van der Waals surface area contributed by atoms with Crippen LogP contribution in [0.2, 0.25) is 0 Å². The number of likely N-dealkylation sites (N-methyl/N-ethyl adjacent to an activating group) is 1. The van der Waals surface area contributed by atoms with Crippen LogP contribution in [0.3, 0.4) is 0 Å². The number of piperazine rings is 1. The standard InChI is InChI=1S/C22H35N3O5S/c1-23(18-8-6-4-5-7-9-18)17-22(26)24-12-14-25(15-13-24)31(27,28)21-16-19(29-2)10-11-20(21)30-3/h10-11,16,18H,4-9,12-15,17H2,1-3H3. The average Bonchev–Trinajstić information content (AvgIpc) is 3.08. The quantitative estimate of drug-likeness (QED) is 0.589. The summed E-state index contributed by atoms with van der Waals surface area (Å²) in [7, 11) is 1.22. The van der Waals surface area contributed by atoms with Gasteiger partial charge in [-0.1, -0.05) is 25.7 Å². The van der Waals surface area contributed by atoms with Gasteiger partial charge in [-0.15, -0.1) is 0 Å². The summed E-state index contributed by atoms with van der Waals surface area (Å²) in [5.74, 6) is 0.807. The zero-order valence-electron chi connectivity index (χ0n) is 18.9. The minimum Gasteiger partial charge on any atom is -0.497 e. The van der Waals surface area contributed by atoms with Crippen molar-refractivity contribution in [2.45, 2.75) is 49.5 Å². The normalized spacial score (nSPS) is 19.3. The third-order valence-corrected chi connectivity index (χ3v) is 8.33. The molecular formula is C22H35N3O5S. The Kier molecular flexibility index (Phi) is 8.18. The molecule has 0 spiro atoms. The van der Waals surface area contributed by atoms with E-state index in [1.165, 1.54) is 50.3 Å². The zero-order valence-corrected chi connectivity index (χ0v) is 19.7. The van der Waals surface area contributed by atoms with Crippen LogP contribution >= 0.6 is 0 Å². The molecule has 1 aliphatic carbocycles. The molecule has 2 aliphatic rings. The summed E-state index contributed by atoms with van der Waals surface area (Å²) in [5, 5.41) is 0. The highest BCUT2D eigenvalue weighted by Gasteiger charge is 2.33. The number of methoxy groups -OCH3 is 2. The molecule has 0 bridgehead atoms. The Morgan fingerprint density at radius 3 is 2.26 bits per heavy atom. The number of nitrogens with zero attached hydrogens (tertiary/aromatic N) is 3. The number of amides is 1. The van der Waals surface area contributed by atoms with Crippen molar-refractivity contribution < 1.29 is 22.7 Å². The number of carbonyl (C=O) groups is 1. The average molecular weight is 454 g/mol. The second-order valence-corrected chi connectivity index (χ2v) is 10.3. The van der Waals surface area contributed by atoms with Gasteiger partial charge in [0, 0.05) is 38.3 Å². The van der Waals surface area contributed by atoms with E-state index in [9.17, 15) is 13.2 Å². The van der Waals surface area contributed by atoms with E-state index < -0.39 is 10.0 Å². The van der Waals surface area contributed by atoms with Gasteiger partial charge in [-0.2, -0.15) is 4.31 Å². The number of carbonyl (C=O) groups excluding carboxylic acids is 1. The van der Waals surface area contributed by atoms with Gasteiger partial charge >= 0.3 is 0 Å². The Morgan fingerprint density at radius 1 is 1.03 bits per heavy atom. The number of benzene rings is 1. The maximum atomic E-state index is 13.2. The van der Waals surface area contributed by atoms with Gasteiger partial charge in [-0.3, -0.25) is 9.69 Å². The fraction of sp³-hybridized carbons (Fsp3) is 0.682. The summed E-state index contributed by atoms with van der Waals surface area (Å²) in [6.07, 6.45) is 7.33. The molecule has 1 saturated heterocycles. The second kappa shape index (κ2) is 10.7. The van der Waals surface area contributed by atoms with E-state index in [2.05, 4.69) is 4.90 Å². The highest BCUT2D eigenvalue weighted by Crippen LogP contribution is 2.31. The Labute approximate surface area is 186 Å². The summed E-state index contributed by atoms with van der Waals surface area (Å²) in [5.41, 5.74) is 0. The van der Waals surface area contributed by atoms with Gasteiger partial charge < -0.3 is 14.4 Å². The van der Waals surface area contributed by atoms with Crippen molar-refractivity contribution in [1.82, 2.24) is 14.1 Å². The molecule has 1 aliphatic heterocycles. The van der Waals surface area contributed by atoms with Crippen LogP contribution in [0.15, 0.2) is 23.1 Å². The van der Waals surface area contributed by atoms with Crippen LogP contribution in [0.25, 0.3) is 0 Å². The molecule has 31 heavy (non-hydrogen) atoms. The van der Waals surface area contributed by atoms with Crippen molar-refractivity contribution in [2.75, 3.05) is 54.0 Å². The Morgan fingerprint density at radius 2 is 1.68 bits per heavy atom. The van der Waals surface area contributed by atoms with Gasteiger partial charge in [0.15, 0.2) is 0 Å². The molecule has 2 fully saturated rings. The largest absolute Gasteiger partial charge is 0.497 e. The first-order valence-corrected chi connectivity index (χ1v) is 12.5. The molecule has 1 aromatic carbocycles. The lowest BCUT2D eigenvalue weighted by molar-refractivity contribution is -0.133. The summed E-state index contributed by atoms with van der Waals surface area (Å²) in [6, 6.07) is 5.20. The molecule has 1 aromatic rings. The Balaban J connectivity index is 1.60. The molecule has 3 rings (SSSR count). The summed E-state index contributed by atoms with van der Waals surface area (Å²) in [4.78, 5) is 16.9. The Bertz CT molecular complexity index is 845. The third kappa shape index (κ3) is 5.70. The third-order valence-electron chi connectivity index (χ3n) is 6.41. The smallest absolute Gasteiger partial charge is 0.247 e. The molecule has 174 valence electrons. The van der Waals surface area contributed by atoms with E-state index in [4.69, 9.17) is 9.47 Å². The van der Waals surface area contributed by atoms with Crippen LogP contribution in [0, 0.1) is 0 Å². The molecule has 0 radical (unpaired) electrons. The predicted octanol–water partition coefficient (Wildman–Crippen LogP) is 2.19. The molecule has 1 saturated carbocycles. The Hall–Kier alpha value is -1.84. The van der Waals surface area contributed by atoms with Crippen molar-refractivity contribution in [3.05, 3.63) is 18.2 Å². The highest BCUT2D eigenvalue weighted by atomic mass is 32.2. The topological polar surface area (TPSA) is 79.4 Å². The fourth-order valence-electron chi connectivity index (χ4n) is 4.44. The first kappa shape index (κ1) is 23.8. The van der Waals surface area contributed by atoms with Crippen LogP contribution < -0.4 is 9.47 Å². The van der Waals surface area contributed by atoms with Gasteiger partial charge in [0.05, 0.1) is 20.8 Å². The van der Waals surface area contributed by atoms with Crippen LogP contribution in [-0.4, -0.2) is 88.5 Å². The van der Waals surface area contributed by atoms with Crippen molar-refractivity contribution in [3.8, 4) is 11.5 Å². The van der Waals surface area contributed by atoms with E-state index >= 15 is 0 Å².